The lowest BCUT2D eigenvalue weighted by molar-refractivity contribution is 0.0170. The second kappa shape index (κ2) is 14.3. The molecule has 7 nitrogen and oxygen atoms in total. The zero-order chi connectivity index (χ0) is 21.9. The number of nitrogens with zero attached hydrogens (tertiary/aromatic N) is 2. The second-order valence-corrected chi connectivity index (χ2v) is 9.98. The highest BCUT2D eigenvalue weighted by atomic mass is 127. The molecule has 0 radical (unpaired) electrons. The molecule has 30 heavy (non-hydrogen) atoms. The Morgan fingerprint density at radius 3 is 2.17 bits per heavy atom. The first-order chi connectivity index (χ1) is 13.5. The van der Waals surface area contributed by atoms with Crippen molar-refractivity contribution < 1.29 is 14.3 Å². The van der Waals surface area contributed by atoms with Crippen molar-refractivity contribution in [3.05, 3.63) is 0 Å². The monoisotopic (exact) mass is 540 g/mol. The van der Waals surface area contributed by atoms with Gasteiger partial charge < -0.3 is 25.0 Å². The molecule has 2 N–H and O–H groups in total. The third kappa shape index (κ3) is 14.3. The lowest BCUT2D eigenvalue weighted by Crippen LogP contribution is -2.47. The van der Waals surface area contributed by atoms with E-state index in [1.54, 1.807) is 0 Å². The van der Waals surface area contributed by atoms with Crippen LogP contribution in [0.5, 0.6) is 0 Å². The molecule has 0 atom stereocenters. The van der Waals surface area contributed by atoms with Crippen LogP contribution in [-0.4, -0.2) is 68.5 Å². The molecule has 0 unspecified atom stereocenters. The number of amides is 1. The van der Waals surface area contributed by atoms with Gasteiger partial charge in [-0.05, 0) is 58.3 Å². The van der Waals surface area contributed by atoms with E-state index in [2.05, 4.69) is 41.3 Å². The molecule has 0 aromatic carbocycles. The Hall–Kier alpha value is -0.770. The number of aliphatic imine (C=N–C) groups is 1. The van der Waals surface area contributed by atoms with Crippen LogP contribution in [0.15, 0.2) is 4.99 Å². The number of alkyl carbamates (subject to hydrolysis) is 1. The van der Waals surface area contributed by atoms with Gasteiger partial charge in [0.25, 0.3) is 0 Å². The van der Waals surface area contributed by atoms with Gasteiger partial charge in [0.15, 0.2) is 5.96 Å². The topological polar surface area (TPSA) is 75.2 Å². The largest absolute Gasteiger partial charge is 0.444 e. The van der Waals surface area contributed by atoms with Gasteiger partial charge in [0.1, 0.15) is 5.60 Å². The average Bonchev–Trinajstić information content (AvgIpc) is 2.60. The minimum atomic E-state index is -0.462. The summed E-state index contributed by atoms with van der Waals surface area (Å²) in [5, 5.41) is 6.26. The molecule has 178 valence electrons. The fourth-order valence-electron chi connectivity index (χ4n) is 3.21. The highest BCUT2D eigenvalue weighted by Crippen LogP contribution is 2.20. The Balaban J connectivity index is 0.00000841. The molecule has 0 aromatic heterocycles. The summed E-state index contributed by atoms with van der Waals surface area (Å²) in [6.07, 6.45) is 5.06. The van der Waals surface area contributed by atoms with E-state index < -0.39 is 5.60 Å². The van der Waals surface area contributed by atoms with Crippen molar-refractivity contribution in [3.8, 4) is 0 Å². The predicted molar refractivity (Wildman–Crippen MR) is 135 cm³/mol. The number of likely N-dealkylation sites (tertiary alicyclic amines) is 1. The van der Waals surface area contributed by atoms with Crippen LogP contribution in [0.2, 0.25) is 0 Å². The van der Waals surface area contributed by atoms with E-state index in [0.717, 1.165) is 51.3 Å². The number of hydrogen-bond acceptors (Lipinski definition) is 4. The van der Waals surface area contributed by atoms with E-state index in [4.69, 9.17) is 9.47 Å². The van der Waals surface area contributed by atoms with Crippen LogP contribution in [0.25, 0.3) is 0 Å². The molecular weight excluding hydrogens is 495 g/mol. The van der Waals surface area contributed by atoms with Crippen molar-refractivity contribution in [2.45, 2.75) is 85.4 Å². The lowest BCUT2D eigenvalue weighted by atomic mass is 9.91. The van der Waals surface area contributed by atoms with Crippen LogP contribution >= 0.6 is 24.0 Å². The van der Waals surface area contributed by atoms with Crippen LogP contribution in [0.4, 0.5) is 4.79 Å². The molecule has 1 aliphatic heterocycles. The zero-order valence-electron chi connectivity index (χ0n) is 20.2. The van der Waals surface area contributed by atoms with Gasteiger partial charge in [-0.1, -0.05) is 20.8 Å². The van der Waals surface area contributed by atoms with Crippen LogP contribution in [0.3, 0.4) is 0 Å². The molecule has 1 amide bonds. The smallest absolute Gasteiger partial charge is 0.407 e. The highest BCUT2D eigenvalue weighted by molar-refractivity contribution is 14.0. The van der Waals surface area contributed by atoms with Gasteiger partial charge in [0.2, 0.25) is 0 Å². The molecule has 0 aromatic rings. The Kier molecular flexibility index (Phi) is 14.0. The molecular formula is C22H45IN4O3. The van der Waals surface area contributed by atoms with Gasteiger partial charge in [-0.25, -0.2) is 4.79 Å². The molecule has 1 heterocycles. The molecule has 0 spiro atoms. The van der Waals surface area contributed by atoms with Gasteiger partial charge >= 0.3 is 6.09 Å². The number of carbonyl (C=O) groups excluding carboxylic acids is 1. The van der Waals surface area contributed by atoms with E-state index in [9.17, 15) is 4.79 Å². The first kappa shape index (κ1) is 29.2. The molecule has 1 saturated heterocycles. The van der Waals surface area contributed by atoms with Gasteiger partial charge in [-0.2, -0.15) is 0 Å². The molecule has 1 fully saturated rings. The standard InChI is InChI=1S/C22H44N4O3.HI/c1-21(2,3)12-8-13-24-19(23-7)26-15-10-18(11-16-26)28-17-9-14-25-20(27)29-22(4,5)6;/h18H,8-17H2,1-7H3,(H,23,24)(H,25,27);1H. The second-order valence-electron chi connectivity index (χ2n) is 9.98. The summed E-state index contributed by atoms with van der Waals surface area (Å²) < 4.78 is 11.2. The van der Waals surface area contributed by atoms with E-state index in [0.29, 0.717) is 18.6 Å². The zero-order valence-corrected chi connectivity index (χ0v) is 22.5. The number of nitrogens with one attached hydrogen (secondary N) is 2. The fourth-order valence-corrected chi connectivity index (χ4v) is 3.21. The number of piperidine rings is 1. The van der Waals surface area contributed by atoms with Crippen molar-refractivity contribution in [2.75, 3.05) is 39.8 Å². The van der Waals surface area contributed by atoms with Gasteiger partial charge in [-0.15, -0.1) is 24.0 Å². The Morgan fingerprint density at radius 2 is 1.63 bits per heavy atom. The van der Waals surface area contributed by atoms with E-state index in [-0.39, 0.29) is 36.2 Å². The number of rotatable bonds is 8. The van der Waals surface area contributed by atoms with Gasteiger partial charge in [-0.3, -0.25) is 4.99 Å². The molecule has 1 rings (SSSR count). The van der Waals surface area contributed by atoms with E-state index in [1.807, 2.05) is 27.8 Å². The molecule has 0 aliphatic carbocycles. The number of guanidine groups is 1. The van der Waals surface area contributed by atoms with E-state index in [1.165, 1.54) is 6.42 Å². The Labute approximate surface area is 201 Å². The third-order valence-corrected chi connectivity index (χ3v) is 4.68. The minimum Gasteiger partial charge on any atom is -0.444 e. The summed E-state index contributed by atoms with van der Waals surface area (Å²) >= 11 is 0. The molecule has 0 saturated carbocycles. The van der Waals surface area contributed by atoms with Crippen molar-refractivity contribution in [1.29, 1.82) is 0 Å². The van der Waals surface area contributed by atoms with Crippen LogP contribution in [0.1, 0.15) is 73.6 Å². The van der Waals surface area contributed by atoms with Crippen LogP contribution in [-0.2, 0) is 9.47 Å². The number of halogens is 1. The van der Waals surface area contributed by atoms with Crippen molar-refractivity contribution in [1.82, 2.24) is 15.5 Å². The van der Waals surface area contributed by atoms with Gasteiger partial charge in [0, 0.05) is 39.8 Å². The van der Waals surface area contributed by atoms with Crippen LogP contribution in [0, 0.1) is 5.41 Å². The van der Waals surface area contributed by atoms with Crippen molar-refractivity contribution in [3.63, 3.8) is 0 Å². The summed E-state index contributed by atoms with van der Waals surface area (Å²) in [6.45, 7) is 16.5. The first-order valence-electron chi connectivity index (χ1n) is 11.0. The Morgan fingerprint density at radius 1 is 1.03 bits per heavy atom. The minimum absolute atomic E-state index is 0. The molecule has 1 aliphatic rings. The SMILES string of the molecule is CN=C(NCCCC(C)(C)C)N1CCC(OCCCNC(=O)OC(C)(C)C)CC1.I. The number of ether oxygens (including phenoxy) is 2. The maximum absolute atomic E-state index is 11.6. The quantitative estimate of drug-likeness (QED) is 0.207. The number of hydrogen-bond donors (Lipinski definition) is 2. The maximum Gasteiger partial charge on any atom is 0.407 e. The summed E-state index contributed by atoms with van der Waals surface area (Å²) in [5.74, 6) is 0.999. The summed E-state index contributed by atoms with van der Waals surface area (Å²) in [6, 6.07) is 0. The maximum atomic E-state index is 11.6. The third-order valence-electron chi connectivity index (χ3n) is 4.68. The number of carbonyl (C=O) groups is 1. The normalized spacial score (nSPS) is 16.1. The highest BCUT2D eigenvalue weighted by Gasteiger charge is 2.22. The lowest BCUT2D eigenvalue weighted by Gasteiger charge is -2.34. The average molecular weight is 541 g/mol. The molecule has 0 bridgehead atoms. The summed E-state index contributed by atoms with van der Waals surface area (Å²) in [4.78, 5) is 18.4. The first-order valence-corrected chi connectivity index (χ1v) is 11.0. The molecule has 8 heteroatoms. The predicted octanol–water partition coefficient (Wildman–Crippen LogP) is 4.40. The van der Waals surface area contributed by atoms with Crippen molar-refractivity contribution >= 4 is 36.0 Å². The summed E-state index contributed by atoms with van der Waals surface area (Å²) in [5.41, 5.74) is -0.0834. The van der Waals surface area contributed by atoms with Crippen molar-refractivity contribution in [2.24, 2.45) is 10.4 Å². The Bertz CT molecular complexity index is 507. The fraction of sp³-hybridized carbons (Fsp3) is 0.909. The summed E-state index contributed by atoms with van der Waals surface area (Å²) in [7, 11) is 1.85. The van der Waals surface area contributed by atoms with Crippen LogP contribution < -0.4 is 10.6 Å². The van der Waals surface area contributed by atoms with Gasteiger partial charge in [0.05, 0.1) is 6.10 Å². The van der Waals surface area contributed by atoms with E-state index >= 15 is 0 Å².